The Morgan fingerprint density at radius 3 is 2.35 bits per heavy atom. The van der Waals surface area contributed by atoms with E-state index in [0.717, 1.165) is 26.1 Å². The molecule has 0 radical (unpaired) electrons. The predicted octanol–water partition coefficient (Wildman–Crippen LogP) is 3.67. The van der Waals surface area contributed by atoms with E-state index < -0.39 is 0 Å². The second-order valence-electron chi connectivity index (χ2n) is 4.40. The van der Waals surface area contributed by atoms with Crippen molar-refractivity contribution < 1.29 is 9.47 Å². The van der Waals surface area contributed by atoms with Crippen LogP contribution < -0.4 is 0 Å². The lowest BCUT2D eigenvalue weighted by Crippen LogP contribution is -2.01. The third-order valence-corrected chi connectivity index (χ3v) is 2.88. The van der Waals surface area contributed by atoms with Gasteiger partial charge in [0.15, 0.2) is 6.29 Å². The Hall–Kier alpha value is -0.780. The van der Waals surface area contributed by atoms with Gasteiger partial charge in [-0.05, 0) is 25.3 Å². The largest absolute Gasteiger partial charge is 0.347 e. The van der Waals surface area contributed by atoms with Gasteiger partial charge in [-0.3, -0.25) is 0 Å². The topological polar surface area (TPSA) is 18.5 Å². The average Bonchev–Trinajstić information content (AvgIpc) is 2.85. The summed E-state index contributed by atoms with van der Waals surface area (Å²) in [6.45, 7) is 1.46. The molecule has 0 amide bonds. The van der Waals surface area contributed by atoms with Gasteiger partial charge in [0.25, 0.3) is 0 Å². The minimum absolute atomic E-state index is 0.0845. The molecule has 0 saturated carbocycles. The van der Waals surface area contributed by atoms with Crippen molar-refractivity contribution in [2.45, 2.75) is 57.7 Å². The molecule has 2 heteroatoms. The summed E-state index contributed by atoms with van der Waals surface area (Å²) in [4.78, 5) is 0. The van der Waals surface area contributed by atoms with Gasteiger partial charge in [0.1, 0.15) is 0 Å². The summed E-state index contributed by atoms with van der Waals surface area (Å²) in [5.74, 6) is 2.68. The van der Waals surface area contributed by atoms with Crippen molar-refractivity contribution in [2.75, 3.05) is 13.2 Å². The molecule has 0 aromatic rings. The lowest BCUT2D eigenvalue weighted by Gasteiger charge is -2.01. The number of terminal acetylenes is 1. The Morgan fingerprint density at radius 1 is 1.00 bits per heavy atom. The summed E-state index contributed by atoms with van der Waals surface area (Å²) in [6, 6.07) is 0. The van der Waals surface area contributed by atoms with Crippen LogP contribution in [0.2, 0.25) is 0 Å². The molecule has 1 saturated heterocycles. The van der Waals surface area contributed by atoms with Crippen LogP contribution in [0.3, 0.4) is 0 Å². The van der Waals surface area contributed by atoms with Crippen molar-refractivity contribution >= 4 is 0 Å². The van der Waals surface area contributed by atoms with Crippen molar-refractivity contribution in [1.82, 2.24) is 0 Å². The number of hydrogen-bond acceptors (Lipinski definition) is 2. The van der Waals surface area contributed by atoms with Crippen LogP contribution in [0.15, 0.2) is 12.2 Å². The third-order valence-electron chi connectivity index (χ3n) is 2.88. The maximum atomic E-state index is 5.31. The highest BCUT2D eigenvalue weighted by molar-refractivity contribution is 4.86. The van der Waals surface area contributed by atoms with Crippen molar-refractivity contribution in [3.05, 3.63) is 12.2 Å². The van der Waals surface area contributed by atoms with E-state index in [-0.39, 0.29) is 6.29 Å². The van der Waals surface area contributed by atoms with Crippen LogP contribution in [0.5, 0.6) is 0 Å². The van der Waals surface area contributed by atoms with Gasteiger partial charge in [-0.25, -0.2) is 0 Å². The molecular weight excluding hydrogens is 212 g/mol. The molecular formula is C15H24O2. The number of unbranched alkanes of at least 4 members (excludes halogenated alkanes) is 7. The first-order valence-corrected chi connectivity index (χ1v) is 6.77. The Kier molecular flexibility index (Phi) is 8.72. The number of rotatable bonds is 9. The summed E-state index contributed by atoms with van der Waals surface area (Å²) in [5, 5.41) is 0. The van der Waals surface area contributed by atoms with Crippen LogP contribution >= 0.6 is 0 Å². The SMILES string of the molecule is C#CCCCCCCCC/C=C/C1OCCO1. The second-order valence-corrected chi connectivity index (χ2v) is 4.40. The van der Waals surface area contributed by atoms with Gasteiger partial charge >= 0.3 is 0 Å². The number of ether oxygens (including phenoxy) is 2. The molecule has 1 rings (SSSR count). The van der Waals surface area contributed by atoms with Gasteiger partial charge < -0.3 is 9.47 Å². The van der Waals surface area contributed by atoms with Crippen LogP contribution in [0.1, 0.15) is 51.4 Å². The summed E-state index contributed by atoms with van der Waals surface area (Å²) < 4.78 is 10.6. The zero-order valence-electron chi connectivity index (χ0n) is 10.7. The van der Waals surface area contributed by atoms with Gasteiger partial charge in [0.2, 0.25) is 0 Å². The van der Waals surface area contributed by atoms with Gasteiger partial charge in [0, 0.05) is 6.42 Å². The summed E-state index contributed by atoms with van der Waals surface area (Å²) >= 11 is 0. The predicted molar refractivity (Wildman–Crippen MR) is 70.6 cm³/mol. The Labute approximate surface area is 105 Å². The van der Waals surface area contributed by atoms with Crippen LogP contribution in [0, 0.1) is 12.3 Å². The molecule has 1 heterocycles. The molecule has 0 aromatic heterocycles. The molecule has 0 aromatic carbocycles. The zero-order chi connectivity index (χ0) is 12.2. The fourth-order valence-electron chi connectivity index (χ4n) is 1.89. The first-order chi connectivity index (χ1) is 8.43. The van der Waals surface area contributed by atoms with Crippen molar-refractivity contribution in [3.8, 4) is 12.3 Å². The highest BCUT2D eigenvalue weighted by atomic mass is 16.7. The van der Waals surface area contributed by atoms with Crippen molar-refractivity contribution in [1.29, 1.82) is 0 Å². The molecule has 1 aliphatic rings. The van der Waals surface area contributed by atoms with Crippen molar-refractivity contribution in [3.63, 3.8) is 0 Å². The van der Waals surface area contributed by atoms with E-state index >= 15 is 0 Å². The number of allylic oxidation sites excluding steroid dienone is 1. The molecule has 0 unspecified atom stereocenters. The van der Waals surface area contributed by atoms with Gasteiger partial charge in [-0.15, -0.1) is 12.3 Å². The minimum Gasteiger partial charge on any atom is -0.347 e. The molecule has 0 spiro atoms. The molecule has 0 N–H and O–H groups in total. The summed E-state index contributed by atoms with van der Waals surface area (Å²) in [7, 11) is 0. The van der Waals surface area contributed by atoms with Gasteiger partial charge in [0.05, 0.1) is 13.2 Å². The molecule has 1 fully saturated rings. The Balaban J connectivity index is 1.79. The van der Waals surface area contributed by atoms with E-state index in [1.54, 1.807) is 0 Å². The minimum atomic E-state index is -0.0845. The first-order valence-electron chi connectivity index (χ1n) is 6.77. The van der Waals surface area contributed by atoms with E-state index in [0.29, 0.717) is 0 Å². The highest BCUT2D eigenvalue weighted by Gasteiger charge is 2.10. The molecule has 17 heavy (non-hydrogen) atoms. The first kappa shape index (κ1) is 14.3. The van der Waals surface area contributed by atoms with Crippen LogP contribution in [0.4, 0.5) is 0 Å². The van der Waals surface area contributed by atoms with Crippen LogP contribution in [-0.2, 0) is 9.47 Å². The Bertz CT molecular complexity index is 234. The van der Waals surface area contributed by atoms with Gasteiger partial charge in [-0.2, -0.15) is 0 Å². The molecule has 96 valence electrons. The third kappa shape index (κ3) is 8.01. The second kappa shape index (κ2) is 10.4. The maximum absolute atomic E-state index is 5.31. The lowest BCUT2D eigenvalue weighted by atomic mass is 10.1. The lowest BCUT2D eigenvalue weighted by molar-refractivity contribution is -0.00173. The van der Waals surface area contributed by atoms with Crippen LogP contribution in [-0.4, -0.2) is 19.5 Å². The zero-order valence-corrected chi connectivity index (χ0v) is 10.7. The van der Waals surface area contributed by atoms with E-state index in [2.05, 4.69) is 12.0 Å². The summed E-state index contributed by atoms with van der Waals surface area (Å²) in [6.07, 6.45) is 19.1. The van der Waals surface area contributed by atoms with E-state index in [4.69, 9.17) is 15.9 Å². The maximum Gasteiger partial charge on any atom is 0.177 e. The van der Waals surface area contributed by atoms with Crippen LogP contribution in [0.25, 0.3) is 0 Å². The smallest absolute Gasteiger partial charge is 0.177 e. The molecule has 0 aliphatic carbocycles. The molecule has 0 bridgehead atoms. The van der Waals surface area contributed by atoms with Crippen molar-refractivity contribution in [2.24, 2.45) is 0 Å². The van der Waals surface area contributed by atoms with E-state index in [9.17, 15) is 0 Å². The molecule has 0 atom stereocenters. The molecule has 2 nitrogen and oxygen atoms in total. The fourth-order valence-corrected chi connectivity index (χ4v) is 1.89. The Morgan fingerprint density at radius 2 is 1.65 bits per heavy atom. The van der Waals surface area contributed by atoms with Gasteiger partial charge in [-0.1, -0.05) is 31.8 Å². The summed E-state index contributed by atoms with van der Waals surface area (Å²) in [5.41, 5.74) is 0. The normalized spacial score (nSPS) is 16.6. The number of hydrogen-bond donors (Lipinski definition) is 0. The van der Waals surface area contributed by atoms with E-state index in [1.807, 2.05) is 6.08 Å². The monoisotopic (exact) mass is 236 g/mol. The standard InChI is InChI=1S/C15H24O2/c1-2-3-4-5-6-7-8-9-10-11-12-15-16-13-14-17-15/h1,11-12,15H,3-10,13-14H2/b12-11+. The average molecular weight is 236 g/mol. The fraction of sp³-hybridized carbons (Fsp3) is 0.733. The van der Waals surface area contributed by atoms with E-state index in [1.165, 1.54) is 38.5 Å². The quantitative estimate of drug-likeness (QED) is 0.345. The highest BCUT2D eigenvalue weighted by Crippen LogP contribution is 2.10. The molecule has 1 aliphatic heterocycles.